The van der Waals surface area contributed by atoms with Crippen molar-refractivity contribution in [3.63, 3.8) is 0 Å². The molecule has 2 aliphatic rings. The highest BCUT2D eigenvalue weighted by Gasteiger charge is 2.52. The van der Waals surface area contributed by atoms with Crippen LogP contribution in [0.25, 0.3) is 0 Å². The van der Waals surface area contributed by atoms with Crippen molar-refractivity contribution in [1.29, 1.82) is 0 Å². The number of phenols is 2. The summed E-state index contributed by atoms with van der Waals surface area (Å²) >= 11 is 0. The van der Waals surface area contributed by atoms with Crippen LogP contribution in [-0.2, 0) is 4.79 Å². The molecule has 3 amide bonds. The zero-order valence-electron chi connectivity index (χ0n) is 12.8. The Morgan fingerprint density at radius 3 is 2.65 bits per heavy atom. The molecule has 1 aliphatic carbocycles. The predicted molar refractivity (Wildman–Crippen MR) is 83.1 cm³/mol. The second kappa shape index (κ2) is 5.57. The molecule has 0 radical (unpaired) electrons. The maximum absolute atomic E-state index is 12.6. The van der Waals surface area contributed by atoms with Gasteiger partial charge in [0.25, 0.3) is 5.91 Å². The van der Waals surface area contributed by atoms with Crippen molar-refractivity contribution in [1.82, 2.24) is 10.3 Å². The number of nitrogens with zero attached hydrogens (tertiary/aromatic N) is 2. The number of carbonyl (C=O) groups is 2. The minimum atomic E-state index is -0.835. The van der Waals surface area contributed by atoms with Crippen LogP contribution < -0.4 is 5.32 Å². The maximum Gasteiger partial charge on any atom is 0.346 e. The lowest BCUT2D eigenvalue weighted by Crippen LogP contribution is -2.49. The molecule has 1 aromatic rings. The Kier molecular flexibility index (Phi) is 3.71. The van der Waals surface area contributed by atoms with Crippen molar-refractivity contribution < 1.29 is 19.8 Å². The molecular formula is C16H19N3O4. The molecule has 0 bridgehead atoms. The van der Waals surface area contributed by atoms with E-state index < -0.39 is 11.6 Å². The third kappa shape index (κ3) is 2.74. The number of rotatable bonds is 2. The zero-order chi connectivity index (χ0) is 16.6. The molecular weight excluding hydrogens is 298 g/mol. The molecule has 23 heavy (non-hydrogen) atoms. The van der Waals surface area contributed by atoms with Crippen LogP contribution in [0.3, 0.4) is 0 Å². The lowest BCUT2D eigenvalue weighted by molar-refractivity contribution is -0.132. The van der Waals surface area contributed by atoms with E-state index in [1.54, 1.807) is 0 Å². The summed E-state index contributed by atoms with van der Waals surface area (Å²) < 4.78 is 0. The third-order valence-corrected chi connectivity index (χ3v) is 4.59. The topological polar surface area (TPSA) is 102 Å². The molecule has 1 spiro atoms. The van der Waals surface area contributed by atoms with Gasteiger partial charge in [-0.05, 0) is 43.7 Å². The number of urea groups is 1. The smallest absolute Gasteiger partial charge is 0.346 e. The Labute approximate surface area is 133 Å². The van der Waals surface area contributed by atoms with Gasteiger partial charge < -0.3 is 15.5 Å². The minimum absolute atomic E-state index is 0.0788. The molecule has 7 heteroatoms. The van der Waals surface area contributed by atoms with E-state index >= 15 is 0 Å². The molecule has 7 nitrogen and oxygen atoms in total. The van der Waals surface area contributed by atoms with E-state index in [2.05, 4.69) is 17.3 Å². The number of hydrogen-bond donors (Lipinski definition) is 3. The fourth-order valence-corrected chi connectivity index (χ4v) is 3.07. The van der Waals surface area contributed by atoms with Gasteiger partial charge in [0, 0.05) is 11.6 Å². The number of amides is 3. The number of hydrazone groups is 1. The van der Waals surface area contributed by atoms with E-state index in [1.807, 2.05) is 0 Å². The van der Waals surface area contributed by atoms with Gasteiger partial charge in [0.1, 0.15) is 17.0 Å². The Morgan fingerprint density at radius 1 is 1.30 bits per heavy atom. The Bertz CT molecular complexity index is 678. The molecule has 3 rings (SSSR count). The summed E-state index contributed by atoms with van der Waals surface area (Å²) in [5.41, 5.74) is -0.528. The minimum Gasteiger partial charge on any atom is -0.508 e. The van der Waals surface area contributed by atoms with Crippen LogP contribution in [0.15, 0.2) is 23.3 Å². The Balaban J connectivity index is 1.79. The maximum atomic E-state index is 12.6. The molecule has 1 heterocycles. The number of carbonyl (C=O) groups excluding carboxylic acids is 2. The number of aromatic hydroxyl groups is 2. The van der Waals surface area contributed by atoms with Crippen LogP contribution in [0.4, 0.5) is 4.79 Å². The standard InChI is InChI=1S/C16H19N3O4/c1-10-4-6-16(7-5-10)14(22)19(15(23)18-16)17-9-11-2-3-12(20)8-13(11)21/h2-3,8-10,20-21H,4-7H2,1H3,(H,18,23)/b17-9+. The average Bonchev–Trinajstić information content (AvgIpc) is 2.73. The molecule has 0 aromatic heterocycles. The predicted octanol–water partition coefficient (Wildman–Crippen LogP) is 1.93. The van der Waals surface area contributed by atoms with Crippen molar-refractivity contribution in [2.75, 3.05) is 0 Å². The lowest BCUT2D eigenvalue weighted by Gasteiger charge is -2.33. The fraction of sp³-hybridized carbons (Fsp3) is 0.438. The molecule has 2 fully saturated rings. The van der Waals surface area contributed by atoms with Crippen molar-refractivity contribution in [2.45, 2.75) is 38.1 Å². The quantitative estimate of drug-likeness (QED) is 0.573. The van der Waals surface area contributed by atoms with E-state index in [0.717, 1.165) is 23.9 Å². The first-order valence-electron chi connectivity index (χ1n) is 7.64. The summed E-state index contributed by atoms with van der Waals surface area (Å²) in [6.45, 7) is 2.14. The van der Waals surface area contributed by atoms with Crippen LogP contribution in [0, 0.1) is 5.92 Å². The molecule has 1 saturated heterocycles. The van der Waals surface area contributed by atoms with Gasteiger partial charge in [0.15, 0.2) is 0 Å². The summed E-state index contributed by atoms with van der Waals surface area (Å²) in [7, 11) is 0. The van der Waals surface area contributed by atoms with Gasteiger partial charge in [-0.15, -0.1) is 5.01 Å². The first-order valence-corrected chi connectivity index (χ1v) is 7.64. The van der Waals surface area contributed by atoms with Crippen LogP contribution in [-0.4, -0.2) is 38.9 Å². The van der Waals surface area contributed by atoms with Crippen molar-refractivity contribution in [2.24, 2.45) is 11.0 Å². The highest BCUT2D eigenvalue weighted by atomic mass is 16.3. The summed E-state index contributed by atoms with van der Waals surface area (Å²) in [6.07, 6.45) is 4.26. The van der Waals surface area contributed by atoms with E-state index in [-0.39, 0.29) is 17.4 Å². The van der Waals surface area contributed by atoms with Gasteiger partial charge in [-0.3, -0.25) is 4.79 Å². The average molecular weight is 317 g/mol. The van der Waals surface area contributed by atoms with Gasteiger partial charge in [-0.1, -0.05) is 6.92 Å². The van der Waals surface area contributed by atoms with Gasteiger partial charge >= 0.3 is 6.03 Å². The first-order chi connectivity index (χ1) is 10.9. The molecule has 3 N–H and O–H groups in total. The molecule has 1 aromatic carbocycles. The normalized spacial score (nSPS) is 27.9. The molecule has 0 atom stereocenters. The van der Waals surface area contributed by atoms with E-state index in [4.69, 9.17) is 0 Å². The van der Waals surface area contributed by atoms with E-state index in [9.17, 15) is 19.8 Å². The second-order valence-electron chi connectivity index (χ2n) is 6.30. The number of benzene rings is 1. The van der Waals surface area contributed by atoms with Gasteiger partial charge in [0.05, 0.1) is 6.21 Å². The SMILES string of the molecule is CC1CCC2(CC1)NC(=O)N(/N=C/c1ccc(O)cc1O)C2=O. The van der Waals surface area contributed by atoms with Crippen LogP contribution in [0.2, 0.25) is 0 Å². The molecule has 122 valence electrons. The molecule has 1 aliphatic heterocycles. The van der Waals surface area contributed by atoms with Crippen LogP contribution in [0.1, 0.15) is 38.2 Å². The number of hydrogen-bond acceptors (Lipinski definition) is 5. The van der Waals surface area contributed by atoms with Gasteiger partial charge in [0.2, 0.25) is 0 Å². The summed E-state index contributed by atoms with van der Waals surface area (Å²) in [6, 6.07) is 3.46. The van der Waals surface area contributed by atoms with E-state index in [0.29, 0.717) is 24.3 Å². The monoisotopic (exact) mass is 317 g/mol. The first kappa shape index (κ1) is 15.3. The Hall–Kier alpha value is -2.57. The number of imide groups is 1. The highest BCUT2D eigenvalue weighted by molar-refractivity contribution is 6.07. The third-order valence-electron chi connectivity index (χ3n) is 4.59. The second-order valence-corrected chi connectivity index (χ2v) is 6.30. The Morgan fingerprint density at radius 2 is 2.00 bits per heavy atom. The van der Waals surface area contributed by atoms with Crippen molar-refractivity contribution in [3.05, 3.63) is 23.8 Å². The van der Waals surface area contributed by atoms with E-state index in [1.165, 1.54) is 18.3 Å². The highest BCUT2D eigenvalue weighted by Crippen LogP contribution is 2.36. The van der Waals surface area contributed by atoms with Crippen LogP contribution >= 0.6 is 0 Å². The summed E-state index contributed by atoms with van der Waals surface area (Å²) in [5.74, 6) is -0.0485. The largest absolute Gasteiger partial charge is 0.508 e. The summed E-state index contributed by atoms with van der Waals surface area (Å²) in [4.78, 5) is 24.7. The molecule has 0 unspecified atom stereocenters. The van der Waals surface area contributed by atoms with Crippen molar-refractivity contribution >= 4 is 18.2 Å². The summed E-state index contributed by atoms with van der Waals surface area (Å²) in [5, 5.41) is 26.5. The molecule has 1 saturated carbocycles. The number of nitrogens with one attached hydrogen (secondary N) is 1. The number of phenolic OH excluding ortho intramolecular Hbond substituents is 2. The van der Waals surface area contributed by atoms with Crippen molar-refractivity contribution in [3.8, 4) is 11.5 Å². The van der Waals surface area contributed by atoms with Gasteiger partial charge in [-0.25, -0.2) is 4.79 Å². The van der Waals surface area contributed by atoms with Gasteiger partial charge in [-0.2, -0.15) is 5.10 Å². The fourth-order valence-electron chi connectivity index (χ4n) is 3.07. The zero-order valence-corrected chi connectivity index (χ0v) is 12.8. The van der Waals surface area contributed by atoms with Crippen LogP contribution in [0.5, 0.6) is 11.5 Å². The lowest BCUT2D eigenvalue weighted by atomic mass is 9.77.